The number of aliphatic imine (C=N–C) groups is 1. The van der Waals surface area contributed by atoms with Gasteiger partial charge in [-0.05, 0) is 31.5 Å². The van der Waals surface area contributed by atoms with Crippen LogP contribution in [0.4, 0.5) is 24.8 Å². The Morgan fingerprint density at radius 1 is 1.23 bits per heavy atom. The monoisotopic (exact) mass is 549 g/mol. The van der Waals surface area contributed by atoms with E-state index in [9.17, 15) is 13.2 Å². The summed E-state index contributed by atoms with van der Waals surface area (Å²) >= 11 is 0. The Bertz CT molecular complexity index is 833. The average molecular weight is 549 g/mol. The highest BCUT2D eigenvalue weighted by atomic mass is 127. The van der Waals surface area contributed by atoms with Gasteiger partial charge in [-0.2, -0.15) is 13.2 Å². The molecule has 1 saturated heterocycles. The van der Waals surface area contributed by atoms with Gasteiger partial charge in [-0.3, -0.25) is 4.99 Å². The van der Waals surface area contributed by atoms with Crippen LogP contribution in [0, 0.1) is 0 Å². The predicted octanol–water partition coefficient (Wildman–Crippen LogP) is 3.36. The molecule has 0 amide bonds. The Morgan fingerprint density at radius 2 is 2.00 bits per heavy atom. The molecule has 11 heteroatoms. The van der Waals surface area contributed by atoms with E-state index in [1.807, 2.05) is 25.1 Å². The van der Waals surface area contributed by atoms with Gasteiger partial charge in [-0.25, -0.2) is 9.97 Å². The van der Waals surface area contributed by atoms with E-state index in [0.717, 1.165) is 31.8 Å². The Morgan fingerprint density at radius 3 is 2.71 bits per heavy atom. The third-order valence-electron chi connectivity index (χ3n) is 4.61. The van der Waals surface area contributed by atoms with Crippen LogP contribution in [0.15, 0.2) is 47.6 Å². The number of rotatable bonds is 7. The molecular formula is C20H27F3IN7. The van der Waals surface area contributed by atoms with E-state index in [0.29, 0.717) is 25.6 Å². The lowest BCUT2D eigenvalue weighted by Gasteiger charge is -2.20. The van der Waals surface area contributed by atoms with Crippen molar-refractivity contribution in [1.29, 1.82) is 0 Å². The Hall–Kier alpha value is -2.31. The molecule has 1 aromatic heterocycles. The maximum absolute atomic E-state index is 12.7. The first kappa shape index (κ1) is 25.0. The molecule has 1 atom stereocenters. The number of nitrogens with one attached hydrogen (secondary N) is 3. The molecule has 0 spiro atoms. The summed E-state index contributed by atoms with van der Waals surface area (Å²) in [6.45, 7) is 5.23. The van der Waals surface area contributed by atoms with E-state index in [1.54, 1.807) is 0 Å². The maximum atomic E-state index is 12.7. The van der Waals surface area contributed by atoms with Gasteiger partial charge in [0, 0.05) is 44.1 Å². The highest BCUT2D eigenvalue weighted by Crippen LogP contribution is 2.27. The number of alkyl halides is 3. The molecule has 1 unspecified atom stereocenters. The average Bonchev–Trinajstić information content (AvgIpc) is 3.20. The number of guanidine groups is 1. The molecular weight excluding hydrogens is 522 g/mol. The van der Waals surface area contributed by atoms with Gasteiger partial charge in [0.15, 0.2) is 5.96 Å². The Balaban J connectivity index is 0.00000341. The van der Waals surface area contributed by atoms with Gasteiger partial charge in [0.2, 0.25) is 5.95 Å². The van der Waals surface area contributed by atoms with Crippen molar-refractivity contribution in [2.24, 2.45) is 4.99 Å². The van der Waals surface area contributed by atoms with Crippen molar-refractivity contribution in [3.8, 4) is 0 Å². The topological polar surface area (TPSA) is 77.5 Å². The van der Waals surface area contributed by atoms with Crippen LogP contribution in [0.25, 0.3) is 0 Å². The van der Waals surface area contributed by atoms with Crippen molar-refractivity contribution < 1.29 is 13.2 Å². The molecule has 31 heavy (non-hydrogen) atoms. The lowest BCUT2D eigenvalue weighted by atomic mass is 10.3. The van der Waals surface area contributed by atoms with Crippen LogP contribution in [0.3, 0.4) is 0 Å². The van der Waals surface area contributed by atoms with Crippen LogP contribution in [0.2, 0.25) is 0 Å². The molecule has 0 bridgehead atoms. The second-order valence-corrected chi connectivity index (χ2v) is 6.86. The summed E-state index contributed by atoms with van der Waals surface area (Å²) in [4.78, 5) is 14.1. The van der Waals surface area contributed by atoms with Gasteiger partial charge >= 0.3 is 6.18 Å². The van der Waals surface area contributed by atoms with E-state index >= 15 is 0 Å². The number of aromatic nitrogens is 2. The van der Waals surface area contributed by atoms with E-state index in [4.69, 9.17) is 0 Å². The SMILES string of the molecule is CCNC(=NCCNc1nccc(C(F)(F)F)n1)NC1CCN(c2ccccc2)C1.I. The minimum Gasteiger partial charge on any atom is -0.369 e. The number of nitrogens with zero attached hydrogens (tertiary/aromatic N) is 4. The number of para-hydroxylation sites is 1. The molecule has 1 fully saturated rings. The Kier molecular flexibility index (Phi) is 9.59. The zero-order valence-electron chi connectivity index (χ0n) is 17.2. The fraction of sp³-hybridized carbons (Fsp3) is 0.450. The van der Waals surface area contributed by atoms with Gasteiger partial charge in [-0.1, -0.05) is 18.2 Å². The minimum absolute atomic E-state index is 0. The molecule has 0 radical (unpaired) electrons. The number of benzene rings is 1. The molecule has 0 aliphatic carbocycles. The van der Waals surface area contributed by atoms with Gasteiger partial charge < -0.3 is 20.9 Å². The number of hydrogen-bond acceptors (Lipinski definition) is 5. The van der Waals surface area contributed by atoms with Crippen molar-refractivity contribution in [2.75, 3.05) is 42.9 Å². The summed E-state index contributed by atoms with van der Waals surface area (Å²) in [6, 6.07) is 11.4. The van der Waals surface area contributed by atoms with Crippen molar-refractivity contribution in [3.05, 3.63) is 48.3 Å². The predicted molar refractivity (Wildman–Crippen MR) is 127 cm³/mol. The summed E-state index contributed by atoms with van der Waals surface area (Å²) in [5, 5.41) is 9.42. The first-order chi connectivity index (χ1) is 14.5. The molecule has 2 heterocycles. The van der Waals surface area contributed by atoms with Gasteiger partial charge in [0.25, 0.3) is 0 Å². The standard InChI is InChI=1S/C20H26F3N7.HI/c1-2-24-18(28-15-9-13-30(14-15)16-6-4-3-5-7-16)26-11-12-27-19-25-10-8-17(29-19)20(21,22)23;/h3-8,10,15H,2,9,11-14H2,1H3,(H2,24,26,28)(H,25,27,29);1H. The number of hydrogen-bond donors (Lipinski definition) is 3. The largest absolute Gasteiger partial charge is 0.433 e. The number of halogens is 4. The van der Waals surface area contributed by atoms with Crippen LogP contribution in [0.5, 0.6) is 0 Å². The fourth-order valence-electron chi connectivity index (χ4n) is 3.20. The molecule has 1 aliphatic heterocycles. The fourth-order valence-corrected chi connectivity index (χ4v) is 3.20. The third kappa shape index (κ3) is 7.71. The quantitative estimate of drug-likeness (QED) is 0.213. The van der Waals surface area contributed by atoms with Gasteiger partial charge in [0.1, 0.15) is 5.69 Å². The second-order valence-electron chi connectivity index (χ2n) is 6.86. The summed E-state index contributed by atoms with van der Waals surface area (Å²) in [7, 11) is 0. The lowest BCUT2D eigenvalue weighted by molar-refractivity contribution is -0.141. The molecule has 1 aliphatic rings. The zero-order valence-corrected chi connectivity index (χ0v) is 19.5. The smallest absolute Gasteiger partial charge is 0.369 e. The molecule has 170 valence electrons. The maximum Gasteiger partial charge on any atom is 0.433 e. The third-order valence-corrected chi connectivity index (χ3v) is 4.61. The highest BCUT2D eigenvalue weighted by molar-refractivity contribution is 14.0. The van der Waals surface area contributed by atoms with Gasteiger partial charge in [0.05, 0.1) is 6.54 Å². The van der Waals surface area contributed by atoms with Crippen molar-refractivity contribution in [1.82, 2.24) is 20.6 Å². The first-order valence-corrected chi connectivity index (χ1v) is 9.94. The van der Waals surface area contributed by atoms with Crippen molar-refractivity contribution in [2.45, 2.75) is 25.6 Å². The molecule has 7 nitrogen and oxygen atoms in total. The Labute approximate surface area is 197 Å². The van der Waals surface area contributed by atoms with Crippen LogP contribution >= 0.6 is 24.0 Å². The van der Waals surface area contributed by atoms with Crippen LogP contribution in [-0.2, 0) is 6.18 Å². The van der Waals surface area contributed by atoms with Crippen LogP contribution in [-0.4, -0.2) is 54.7 Å². The molecule has 3 N–H and O–H groups in total. The number of anilines is 2. The van der Waals surface area contributed by atoms with Crippen LogP contribution < -0.4 is 20.9 Å². The van der Waals surface area contributed by atoms with Crippen molar-refractivity contribution in [3.63, 3.8) is 0 Å². The van der Waals surface area contributed by atoms with E-state index < -0.39 is 11.9 Å². The zero-order chi connectivity index (χ0) is 21.4. The normalized spacial score (nSPS) is 16.6. The van der Waals surface area contributed by atoms with Crippen LogP contribution in [0.1, 0.15) is 19.0 Å². The highest BCUT2D eigenvalue weighted by Gasteiger charge is 2.32. The molecule has 0 saturated carbocycles. The molecule has 3 rings (SSSR count). The summed E-state index contributed by atoms with van der Waals surface area (Å²) in [5.41, 5.74) is 0.233. The molecule has 1 aromatic carbocycles. The van der Waals surface area contributed by atoms with Crippen molar-refractivity contribution >= 4 is 41.6 Å². The summed E-state index contributed by atoms with van der Waals surface area (Å²) < 4.78 is 38.1. The first-order valence-electron chi connectivity index (χ1n) is 9.94. The summed E-state index contributed by atoms with van der Waals surface area (Å²) in [5.74, 6) is 0.622. The second kappa shape index (κ2) is 11.9. The lowest BCUT2D eigenvalue weighted by Crippen LogP contribution is -2.44. The molecule has 2 aromatic rings. The van der Waals surface area contributed by atoms with Gasteiger partial charge in [-0.15, -0.1) is 24.0 Å². The van der Waals surface area contributed by atoms with E-state index in [-0.39, 0.29) is 36.0 Å². The summed E-state index contributed by atoms with van der Waals surface area (Å²) in [6.07, 6.45) is -2.41. The van der Waals surface area contributed by atoms with E-state index in [2.05, 4.69) is 47.9 Å². The minimum atomic E-state index is -4.49. The van der Waals surface area contributed by atoms with E-state index in [1.165, 1.54) is 5.69 Å².